The highest BCUT2D eigenvalue weighted by Crippen LogP contribution is 2.44. The lowest BCUT2D eigenvalue weighted by Crippen LogP contribution is -2.43. The molecule has 4 atom stereocenters. The highest BCUT2D eigenvalue weighted by Gasteiger charge is 2.52. The van der Waals surface area contributed by atoms with Crippen molar-refractivity contribution in [3.63, 3.8) is 0 Å². The molecular formula is C19H20O6. The van der Waals surface area contributed by atoms with Crippen molar-refractivity contribution in [3.05, 3.63) is 48.3 Å². The first-order valence-electron chi connectivity index (χ1n) is 8.02. The van der Waals surface area contributed by atoms with Crippen LogP contribution >= 0.6 is 0 Å². The third kappa shape index (κ3) is 2.81. The summed E-state index contributed by atoms with van der Waals surface area (Å²) < 4.78 is 16.8. The van der Waals surface area contributed by atoms with Gasteiger partial charge in [-0.1, -0.05) is 19.7 Å². The van der Waals surface area contributed by atoms with Crippen molar-refractivity contribution in [2.45, 2.75) is 44.5 Å². The Morgan fingerprint density at radius 3 is 2.68 bits per heavy atom. The highest BCUT2D eigenvalue weighted by atomic mass is 16.6. The van der Waals surface area contributed by atoms with Gasteiger partial charge in [0.05, 0.1) is 5.92 Å². The highest BCUT2D eigenvalue weighted by molar-refractivity contribution is 6.00. The molecular weight excluding hydrogens is 324 g/mol. The quantitative estimate of drug-likeness (QED) is 0.564. The first kappa shape index (κ1) is 17.2. The molecule has 2 saturated heterocycles. The van der Waals surface area contributed by atoms with E-state index in [-0.39, 0.29) is 29.8 Å². The molecule has 0 N–H and O–H groups in total. The molecule has 0 aromatic carbocycles. The standard InChI is InChI=1S/C19H20O6/c1-9(2)17(21)24-14-8-19(5)15(20)7-12(25-19)10(3)6-13-16(14)11(4)18(22)23-13/h7,13-14,16H,1,3-4,6,8H2,2,5H3/t13-,14-,16+,19+/m1/s1. The molecule has 0 radical (unpaired) electrons. The van der Waals surface area contributed by atoms with Gasteiger partial charge in [0.2, 0.25) is 5.78 Å². The Labute approximate surface area is 145 Å². The van der Waals surface area contributed by atoms with Gasteiger partial charge in [-0.05, 0) is 19.4 Å². The normalized spacial score (nSPS) is 34.2. The van der Waals surface area contributed by atoms with Gasteiger partial charge >= 0.3 is 11.9 Å². The van der Waals surface area contributed by atoms with Gasteiger partial charge in [-0.2, -0.15) is 0 Å². The van der Waals surface area contributed by atoms with Crippen LogP contribution in [0.4, 0.5) is 0 Å². The second kappa shape index (κ2) is 5.72. The molecule has 6 heteroatoms. The van der Waals surface area contributed by atoms with Crippen LogP contribution in [0.1, 0.15) is 26.7 Å². The Kier molecular flexibility index (Phi) is 3.94. The zero-order chi connectivity index (χ0) is 18.5. The van der Waals surface area contributed by atoms with E-state index in [4.69, 9.17) is 14.2 Å². The van der Waals surface area contributed by atoms with E-state index in [1.54, 1.807) is 6.92 Å². The molecule has 0 aliphatic carbocycles. The summed E-state index contributed by atoms with van der Waals surface area (Å²) in [5.74, 6) is -1.54. The minimum absolute atomic E-state index is 0.0783. The predicted molar refractivity (Wildman–Crippen MR) is 88.2 cm³/mol. The van der Waals surface area contributed by atoms with E-state index in [0.717, 1.165) is 0 Å². The van der Waals surface area contributed by atoms with Gasteiger partial charge in [-0.15, -0.1) is 0 Å². The van der Waals surface area contributed by atoms with Gasteiger partial charge < -0.3 is 14.2 Å². The van der Waals surface area contributed by atoms with Gasteiger partial charge in [0, 0.05) is 30.1 Å². The Morgan fingerprint density at radius 1 is 1.36 bits per heavy atom. The minimum atomic E-state index is -1.20. The Balaban J connectivity index is 2.03. The molecule has 0 unspecified atom stereocenters. The topological polar surface area (TPSA) is 78.9 Å². The molecule has 0 saturated carbocycles. The van der Waals surface area contributed by atoms with Crippen LogP contribution < -0.4 is 0 Å². The molecule has 25 heavy (non-hydrogen) atoms. The third-order valence-corrected chi connectivity index (χ3v) is 4.84. The van der Waals surface area contributed by atoms with Crippen LogP contribution in [0.25, 0.3) is 0 Å². The van der Waals surface area contributed by atoms with Crippen LogP contribution in [0.5, 0.6) is 0 Å². The monoisotopic (exact) mass is 344 g/mol. The third-order valence-electron chi connectivity index (χ3n) is 4.84. The molecule has 3 rings (SSSR count). The zero-order valence-electron chi connectivity index (χ0n) is 14.3. The first-order chi connectivity index (χ1) is 11.6. The number of hydrogen-bond donors (Lipinski definition) is 0. The van der Waals surface area contributed by atoms with Crippen molar-refractivity contribution in [2.24, 2.45) is 5.92 Å². The van der Waals surface area contributed by atoms with E-state index in [1.165, 1.54) is 13.0 Å². The zero-order valence-corrected chi connectivity index (χ0v) is 14.3. The number of ketones is 1. The lowest BCUT2D eigenvalue weighted by atomic mass is 9.81. The van der Waals surface area contributed by atoms with Crippen molar-refractivity contribution >= 4 is 17.7 Å². The second-order valence-corrected chi connectivity index (χ2v) is 6.94. The summed E-state index contributed by atoms with van der Waals surface area (Å²) in [7, 11) is 0. The Hall–Kier alpha value is -2.63. The predicted octanol–water partition coefficient (Wildman–Crippen LogP) is 2.16. The summed E-state index contributed by atoms with van der Waals surface area (Å²) >= 11 is 0. The molecule has 132 valence electrons. The van der Waals surface area contributed by atoms with Crippen LogP contribution in [0, 0.1) is 5.92 Å². The summed E-state index contributed by atoms with van der Waals surface area (Å²) in [6, 6.07) is 0. The summed E-state index contributed by atoms with van der Waals surface area (Å²) in [5.41, 5.74) is -0.195. The molecule has 3 aliphatic heterocycles. The van der Waals surface area contributed by atoms with E-state index in [0.29, 0.717) is 11.3 Å². The summed E-state index contributed by atoms with van der Waals surface area (Å²) in [4.78, 5) is 36.5. The van der Waals surface area contributed by atoms with Crippen LogP contribution in [0.3, 0.4) is 0 Å². The van der Waals surface area contributed by atoms with Crippen LogP contribution in [-0.2, 0) is 28.6 Å². The maximum Gasteiger partial charge on any atom is 0.334 e. The van der Waals surface area contributed by atoms with Crippen molar-refractivity contribution < 1.29 is 28.6 Å². The van der Waals surface area contributed by atoms with Gasteiger partial charge in [-0.25, -0.2) is 9.59 Å². The van der Waals surface area contributed by atoms with Crippen molar-refractivity contribution in [2.75, 3.05) is 0 Å². The summed E-state index contributed by atoms with van der Waals surface area (Å²) in [6.45, 7) is 14.5. The van der Waals surface area contributed by atoms with E-state index < -0.39 is 35.7 Å². The molecule has 6 nitrogen and oxygen atoms in total. The molecule has 0 amide bonds. The number of rotatable bonds is 2. The number of carbonyl (C=O) groups excluding carboxylic acids is 3. The smallest absolute Gasteiger partial charge is 0.334 e. The van der Waals surface area contributed by atoms with Crippen LogP contribution in [-0.4, -0.2) is 35.5 Å². The van der Waals surface area contributed by atoms with Crippen molar-refractivity contribution in [1.29, 1.82) is 0 Å². The second-order valence-electron chi connectivity index (χ2n) is 6.94. The molecule has 0 aromatic heterocycles. The minimum Gasteiger partial charge on any atom is -0.479 e. The largest absolute Gasteiger partial charge is 0.479 e. The number of esters is 2. The summed E-state index contributed by atoms with van der Waals surface area (Å²) in [6.07, 6.45) is 0.366. The molecule has 0 spiro atoms. The lowest BCUT2D eigenvalue weighted by Gasteiger charge is -2.31. The number of hydrogen-bond acceptors (Lipinski definition) is 6. The average Bonchev–Trinajstić information content (AvgIpc) is 2.96. The molecule has 0 aromatic rings. The van der Waals surface area contributed by atoms with Crippen LogP contribution in [0.15, 0.2) is 48.3 Å². The van der Waals surface area contributed by atoms with E-state index >= 15 is 0 Å². The average molecular weight is 344 g/mol. The number of allylic oxidation sites excluding steroid dienone is 1. The number of fused-ring (bicyclic) bond motifs is 3. The first-order valence-corrected chi connectivity index (χ1v) is 8.02. The summed E-state index contributed by atoms with van der Waals surface area (Å²) in [5, 5.41) is 0. The molecule has 3 heterocycles. The van der Waals surface area contributed by atoms with Crippen LogP contribution in [0.2, 0.25) is 0 Å². The SMILES string of the molecule is C=C(C)C(=O)O[C@@H]1C[C@]2(C)OC(=CC2=O)C(=C)C[C@H]2OC(=O)C(=C)[C@H]12. The Bertz CT molecular complexity index is 758. The lowest BCUT2D eigenvalue weighted by molar-refractivity contribution is -0.153. The van der Waals surface area contributed by atoms with Gasteiger partial charge in [0.1, 0.15) is 18.0 Å². The fourth-order valence-corrected chi connectivity index (χ4v) is 3.40. The molecule has 2 fully saturated rings. The van der Waals surface area contributed by atoms with Gasteiger partial charge in [0.15, 0.2) is 5.60 Å². The van der Waals surface area contributed by atoms with Gasteiger partial charge in [0.25, 0.3) is 0 Å². The number of ether oxygens (including phenoxy) is 3. The number of carbonyl (C=O) groups is 3. The maximum absolute atomic E-state index is 12.4. The Morgan fingerprint density at radius 2 is 2.04 bits per heavy atom. The fourth-order valence-electron chi connectivity index (χ4n) is 3.40. The van der Waals surface area contributed by atoms with Crippen molar-refractivity contribution in [3.8, 4) is 0 Å². The van der Waals surface area contributed by atoms with Gasteiger partial charge in [-0.3, -0.25) is 4.79 Å². The van der Waals surface area contributed by atoms with E-state index in [2.05, 4.69) is 19.7 Å². The molecule has 3 aliphatic rings. The molecule has 2 bridgehead atoms. The fraction of sp³-hybridized carbons (Fsp3) is 0.421. The van der Waals surface area contributed by atoms with Crippen molar-refractivity contribution in [1.82, 2.24) is 0 Å². The van der Waals surface area contributed by atoms with E-state index in [1.807, 2.05) is 0 Å². The maximum atomic E-state index is 12.4. The van der Waals surface area contributed by atoms with E-state index in [9.17, 15) is 14.4 Å².